The summed E-state index contributed by atoms with van der Waals surface area (Å²) in [5.74, 6) is 1.69. The van der Waals surface area contributed by atoms with E-state index in [1.807, 2.05) is 42.1 Å². The summed E-state index contributed by atoms with van der Waals surface area (Å²) in [5.41, 5.74) is 0. The molecule has 1 fully saturated rings. The van der Waals surface area contributed by atoms with Crippen LogP contribution in [-0.2, 0) is 4.79 Å². The molecule has 0 spiro atoms. The van der Waals surface area contributed by atoms with Crippen LogP contribution in [0.4, 0.5) is 0 Å². The maximum absolute atomic E-state index is 12.0. The number of hydrogen-bond donors (Lipinski definition) is 1. The molecule has 0 aliphatic heterocycles. The summed E-state index contributed by atoms with van der Waals surface area (Å²) >= 11 is 2.00. The minimum Gasteiger partial charge on any atom is -0.481 e. The lowest BCUT2D eigenvalue weighted by atomic mass is 10.0. The number of carbonyl (C=O) groups is 1. The van der Waals surface area contributed by atoms with E-state index < -0.39 is 6.10 Å². The first-order valence-corrected chi connectivity index (χ1v) is 8.91. The molecule has 1 unspecified atom stereocenters. The van der Waals surface area contributed by atoms with Crippen LogP contribution in [0.25, 0.3) is 0 Å². The molecule has 1 aromatic carbocycles. The van der Waals surface area contributed by atoms with Crippen molar-refractivity contribution in [3.63, 3.8) is 0 Å². The Kier molecular flexibility index (Phi) is 6.93. The van der Waals surface area contributed by atoms with Gasteiger partial charge in [-0.3, -0.25) is 4.79 Å². The van der Waals surface area contributed by atoms with Crippen LogP contribution >= 0.6 is 11.8 Å². The molecule has 0 aromatic heterocycles. The quantitative estimate of drug-likeness (QED) is 0.782. The van der Waals surface area contributed by atoms with E-state index in [9.17, 15) is 4.79 Å². The maximum atomic E-state index is 12.0. The fourth-order valence-corrected chi connectivity index (χ4v) is 3.75. The molecular formula is C17H25NO2S. The SMILES string of the molecule is CC(Oc1ccccc1)C(=O)NCCSC1CCCCC1. The summed E-state index contributed by atoms with van der Waals surface area (Å²) in [5, 5.41) is 3.76. The highest BCUT2D eigenvalue weighted by molar-refractivity contribution is 7.99. The summed E-state index contributed by atoms with van der Waals surface area (Å²) in [6.07, 6.45) is 6.35. The topological polar surface area (TPSA) is 38.3 Å². The molecule has 0 bridgehead atoms. The van der Waals surface area contributed by atoms with Gasteiger partial charge in [-0.2, -0.15) is 11.8 Å². The standard InChI is InChI=1S/C17H25NO2S/c1-14(20-15-8-4-2-5-9-15)17(19)18-12-13-21-16-10-6-3-7-11-16/h2,4-5,8-9,14,16H,3,6-7,10-13H2,1H3,(H,18,19). The second-order valence-electron chi connectivity index (χ2n) is 5.49. The largest absolute Gasteiger partial charge is 0.481 e. The Morgan fingerprint density at radius 1 is 1.29 bits per heavy atom. The molecule has 0 saturated heterocycles. The lowest BCUT2D eigenvalue weighted by molar-refractivity contribution is -0.127. The minimum atomic E-state index is -0.452. The van der Waals surface area contributed by atoms with Crippen molar-refractivity contribution in [3.8, 4) is 5.75 Å². The molecule has 1 atom stereocenters. The van der Waals surface area contributed by atoms with Crippen LogP contribution in [-0.4, -0.2) is 29.6 Å². The van der Waals surface area contributed by atoms with E-state index in [-0.39, 0.29) is 5.91 Å². The predicted molar refractivity (Wildman–Crippen MR) is 88.9 cm³/mol. The first-order chi connectivity index (χ1) is 10.3. The highest BCUT2D eigenvalue weighted by atomic mass is 32.2. The second-order valence-corrected chi connectivity index (χ2v) is 6.90. The lowest BCUT2D eigenvalue weighted by Crippen LogP contribution is -2.37. The number of thioether (sulfide) groups is 1. The van der Waals surface area contributed by atoms with Crippen LogP contribution in [0.3, 0.4) is 0 Å². The summed E-state index contributed by atoms with van der Waals surface area (Å²) in [4.78, 5) is 12.0. The zero-order valence-corrected chi connectivity index (χ0v) is 13.5. The third kappa shape index (κ3) is 6.00. The lowest BCUT2D eigenvalue weighted by Gasteiger charge is -2.21. The fourth-order valence-electron chi connectivity index (χ4n) is 2.53. The number of amides is 1. The van der Waals surface area contributed by atoms with E-state index in [1.165, 1.54) is 32.1 Å². The minimum absolute atomic E-state index is 0.0388. The molecule has 21 heavy (non-hydrogen) atoms. The van der Waals surface area contributed by atoms with E-state index in [0.29, 0.717) is 0 Å². The predicted octanol–water partition coefficient (Wildman–Crippen LogP) is 3.64. The van der Waals surface area contributed by atoms with E-state index in [4.69, 9.17) is 4.74 Å². The Hall–Kier alpha value is -1.16. The zero-order chi connectivity index (χ0) is 14.9. The zero-order valence-electron chi connectivity index (χ0n) is 12.7. The molecule has 1 saturated carbocycles. The van der Waals surface area contributed by atoms with E-state index >= 15 is 0 Å². The van der Waals surface area contributed by atoms with E-state index in [0.717, 1.165) is 23.3 Å². The fraction of sp³-hybridized carbons (Fsp3) is 0.588. The summed E-state index contributed by atoms with van der Waals surface area (Å²) in [6.45, 7) is 2.51. The molecule has 0 radical (unpaired) electrons. The van der Waals surface area contributed by atoms with E-state index in [2.05, 4.69) is 5.32 Å². The van der Waals surface area contributed by atoms with Gasteiger partial charge < -0.3 is 10.1 Å². The smallest absolute Gasteiger partial charge is 0.260 e. The van der Waals surface area contributed by atoms with Gasteiger partial charge in [0.1, 0.15) is 5.75 Å². The van der Waals surface area contributed by atoms with Gasteiger partial charge in [0.2, 0.25) is 0 Å². The molecule has 116 valence electrons. The number of benzene rings is 1. The molecule has 1 N–H and O–H groups in total. The Bertz CT molecular complexity index is 418. The van der Waals surface area contributed by atoms with Gasteiger partial charge in [-0.15, -0.1) is 0 Å². The van der Waals surface area contributed by atoms with Crippen molar-refractivity contribution >= 4 is 17.7 Å². The number of ether oxygens (including phenoxy) is 1. The van der Waals surface area contributed by atoms with Gasteiger partial charge in [0.05, 0.1) is 0 Å². The number of para-hydroxylation sites is 1. The Morgan fingerprint density at radius 3 is 2.71 bits per heavy atom. The van der Waals surface area contributed by atoms with Crippen molar-refractivity contribution in [3.05, 3.63) is 30.3 Å². The molecule has 4 heteroatoms. The summed E-state index contributed by atoms with van der Waals surface area (Å²) in [7, 11) is 0. The van der Waals surface area contributed by atoms with Crippen LogP contribution in [0.2, 0.25) is 0 Å². The molecule has 1 amide bonds. The van der Waals surface area contributed by atoms with Gasteiger partial charge in [0, 0.05) is 17.5 Å². The van der Waals surface area contributed by atoms with Crippen molar-refractivity contribution in [2.75, 3.05) is 12.3 Å². The van der Waals surface area contributed by atoms with Crippen LogP contribution in [0.5, 0.6) is 5.75 Å². The van der Waals surface area contributed by atoms with Gasteiger partial charge in [0.15, 0.2) is 6.10 Å². The van der Waals surface area contributed by atoms with Crippen molar-refractivity contribution in [2.24, 2.45) is 0 Å². The van der Waals surface area contributed by atoms with Crippen LogP contribution in [0.15, 0.2) is 30.3 Å². The molecular weight excluding hydrogens is 282 g/mol. The van der Waals surface area contributed by atoms with Gasteiger partial charge in [-0.1, -0.05) is 37.5 Å². The second kappa shape index (κ2) is 8.98. The van der Waals surface area contributed by atoms with Gasteiger partial charge in [-0.25, -0.2) is 0 Å². The summed E-state index contributed by atoms with van der Waals surface area (Å²) in [6, 6.07) is 9.47. The number of hydrogen-bond acceptors (Lipinski definition) is 3. The average Bonchev–Trinajstić information content (AvgIpc) is 2.53. The number of carbonyl (C=O) groups excluding carboxylic acids is 1. The highest BCUT2D eigenvalue weighted by Crippen LogP contribution is 2.27. The number of nitrogens with one attached hydrogen (secondary N) is 1. The molecule has 2 rings (SSSR count). The highest BCUT2D eigenvalue weighted by Gasteiger charge is 2.15. The van der Waals surface area contributed by atoms with Gasteiger partial charge in [-0.05, 0) is 31.9 Å². The maximum Gasteiger partial charge on any atom is 0.260 e. The van der Waals surface area contributed by atoms with Crippen molar-refractivity contribution in [1.82, 2.24) is 5.32 Å². The first kappa shape index (κ1) is 16.2. The van der Waals surface area contributed by atoms with Crippen LogP contribution < -0.4 is 10.1 Å². The third-order valence-electron chi connectivity index (χ3n) is 3.73. The van der Waals surface area contributed by atoms with Crippen molar-refractivity contribution < 1.29 is 9.53 Å². The molecule has 1 aromatic rings. The first-order valence-electron chi connectivity index (χ1n) is 7.87. The molecule has 3 nitrogen and oxygen atoms in total. The van der Waals surface area contributed by atoms with Gasteiger partial charge in [0.25, 0.3) is 5.91 Å². The Labute approximate surface area is 131 Å². The average molecular weight is 307 g/mol. The molecule has 1 aliphatic carbocycles. The van der Waals surface area contributed by atoms with Crippen LogP contribution in [0.1, 0.15) is 39.0 Å². The Balaban J connectivity index is 1.60. The molecule has 1 aliphatic rings. The van der Waals surface area contributed by atoms with Crippen LogP contribution in [0, 0.1) is 0 Å². The molecule has 0 heterocycles. The van der Waals surface area contributed by atoms with Crippen molar-refractivity contribution in [1.29, 1.82) is 0 Å². The monoisotopic (exact) mass is 307 g/mol. The summed E-state index contributed by atoms with van der Waals surface area (Å²) < 4.78 is 5.60. The Morgan fingerprint density at radius 2 is 2.00 bits per heavy atom. The third-order valence-corrected chi connectivity index (χ3v) is 5.11. The van der Waals surface area contributed by atoms with E-state index in [1.54, 1.807) is 6.92 Å². The normalized spacial score (nSPS) is 17.2. The van der Waals surface area contributed by atoms with Gasteiger partial charge >= 0.3 is 0 Å². The number of rotatable bonds is 7. The van der Waals surface area contributed by atoms with Crippen molar-refractivity contribution in [2.45, 2.75) is 50.4 Å².